The van der Waals surface area contributed by atoms with Crippen LogP contribution in [0, 0.1) is 13.8 Å². The Labute approximate surface area is 108 Å². The molecule has 1 aliphatic rings. The number of ether oxygens (including phenoxy) is 2. The minimum atomic E-state index is 0.312. The van der Waals surface area contributed by atoms with Gasteiger partial charge >= 0.3 is 0 Å². The third-order valence-electron chi connectivity index (χ3n) is 2.98. The minimum absolute atomic E-state index is 0.312. The average molecular weight is 294 g/mol. The van der Waals surface area contributed by atoms with Crippen molar-refractivity contribution in [3.63, 3.8) is 0 Å². The molecule has 0 bridgehead atoms. The van der Waals surface area contributed by atoms with E-state index < -0.39 is 0 Å². The zero-order valence-electron chi connectivity index (χ0n) is 9.66. The molecule has 1 aromatic carbocycles. The van der Waals surface area contributed by atoms with E-state index in [1.807, 2.05) is 18.2 Å². The first kappa shape index (κ1) is 10.7. The third kappa shape index (κ3) is 1.63. The van der Waals surface area contributed by atoms with E-state index in [9.17, 15) is 0 Å². The molecule has 0 saturated heterocycles. The van der Waals surface area contributed by atoms with Crippen LogP contribution < -0.4 is 9.47 Å². The summed E-state index contributed by atoms with van der Waals surface area (Å²) in [5.41, 5.74) is 3.46. The Morgan fingerprint density at radius 3 is 2.59 bits per heavy atom. The number of fused-ring (bicyclic) bond motifs is 1. The van der Waals surface area contributed by atoms with Crippen molar-refractivity contribution >= 4 is 15.9 Å². The van der Waals surface area contributed by atoms with E-state index >= 15 is 0 Å². The molecule has 0 unspecified atom stereocenters. The maximum Gasteiger partial charge on any atom is 0.231 e. The smallest absolute Gasteiger partial charge is 0.231 e. The molecular weight excluding hydrogens is 282 g/mol. The molecular formula is C13H12BrNO2. The van der Waals surface area contributed by atoms with Gasteiger partial charge in [0.05, 0.1) is 0 Å². The predicted octanol–water partition coefficient (Wildman–Crippen LogP) is 3.59. The summed E-state index contributed by atoms with van der Waals surface area (Å²) in [6.45, 7) is 4.48. The molecule has 3 rings (SSSR count). The molecule has 3 nitrogen and oxygen atoms in total. The SMILES string of the molecule is Cc1cc(Br)c(C)n1-c1ccc2c(c1)OCO2. The summed E-state index contributed by atoms with van der Waals surface area (Å²) in [7, 11) is 0. The average Bonchev–Trinajstić information content (AvgIpc) is 2.84. The Balaban J connectivity index is 2.15. The predicted molar refractivity (Wildman–Crippen MR) is 69.1 cm³/mol. The van der Waals surface area contributed by atoms with Gasteiger partial charge in [0.2, 0.25) is 6.79 Å². The highest BCUT2D eigenvalue weighted by molar-refractivity contribution is 9.10. The van der Waals surface area contributed by atoms with E-state index in [2.05, 4.69) is 40.4 Å². The van der Waals surface area contributed by atoms with Crippen molar-refractivity contribution in [2.24, 2.45) is 0 Å². The van der Waals surface area contributed by atoms with E-state index in [1.54, 1.807) is 0 Å². The highest BCUT2D eigenvalue weighted by atomic mass is 79.9. The summed E-state index contributed by atoms with van der Waals surface area (Å²) in [5, 5.41) is 0. The summed E-state index contributed by atoms with van der Waals surface area (Å²) in [6, 6.07) is 8.11. The highest BCUT2D eigenvalue weighted by Gasteiger charge is 2.15. The van der Waals surface area contributed by atoms with Crippen LogP contribution in [-0.2, 0) is 0 Å². The molecule has 2 heterocycles. The zero-order chi connectivity index (χ0) is 12.0. The molecule has 0 radical (unpaired) electrons. The van der Waals surface area contributed by atoms with Gasteiger partial charge in [0.25, 0.3) is 0 Å². The minimum Gasteiger partial charge on any atom is -0.454 e. The maximum atomic E-state index is 5.40. The quantitative estimate of drug-likeness (QED) is 0.802. The third-order valence-corrected chi connectivity index (χ3v) is 3.79. The van der Waals surface area contributed by atoms with Crippen molar-refractivity contribution < 1.29 is 9.47 Å². The van der Waals surface area contributed by atoms with Gasteiger partial charge in [0.15, 0.2) is 11.5 Å². The molecule has 0 amide bonds. The van der Waals surface area contributed by atoms with Gasteiger partial charge in [-0.15, -0.1) is 0 Å². The maximum absolute atomic E-state index is 5.40. The fraction of sp³-hybridized carbons (Fsp3) is 0.231. The van der Waals surface area contributed by atoms with Crippen LogP contribution in [0.3, 0.4) is 0 Å². The van der Waals surface area contributed by atoms with Gasteiger partial charge in [0, 0.05) is 27.6 Å². The molecule has 1 aromatic heterocycles. The Morgan fingerprint density at radius 2 is 1.88 bits per heavy atom. The molecule has 1 aliphatic heterocycles. The number of aromatic nitrogens is 1. The largest absolute Gasteiger partial charge is 0.454 e. The van der Waals surface area contributed by atoms with E-state index in [0.29, 0.717) is 6.79 Å². The lowest BCUT2D eigenvalue weighted by molar-refractivity contribution is 0.174. The molecule has 0 N–H and O–H groups in total. The monoisotopic (exact) mass is 293 g/mol. The Kier molecular flexibility index (Phi) is 2.40. The van der Waals surface area contributed by atoms with Gasteiger partial charge in [-0.1, -0.05) is 0 Å². The first-order valence-electron chi connectivity index (χ1n) is 5.41. The standard InChI is InChI=1S/C13H12BrNO2/c1-8-5-11(14)9(2)15(8)10-3-4-12-13(6-10)17-7-16-12/h3-6H,7H2,1-2H3. The second-order valence-corrected chi connectivity index (χ2v) is 4.95. The summed E-state index contributed by atoms with van der Waals surface area (Å²) in [4.78, 5) is 0. The summed E-state index contributed by atoms with van der Waals surface area (Å²) in [6.07, 6.45) is 0. The second-order valence-electron chi connectivity index (χ2n) is 4.09. The highest BCUT2D eigenvalue weighted by Crippen LogP contribution is 2.35. The molecule has 88 valence electrons. The first-order chi connectivity index (χ1) is 8.16. The molecule has 0 saturated carbocycles. The van der Waals surface area contributed by atoms with Crippen LogP contribution in [-0.4, -0.2) is 11.4 Å². The topological polar surface area (TPSA) is 23.4 Å². The van der Waals surface area contributed by atoms with Gasteiger partial charge in [-0.25, -0.2) is 0 Å². The van der Waals surface area contributed by atoms with Crippen molar-refractivity contribution in [3.05, 3.63) is 40.1 Å². The zero-order valence-corrected chi connectivity index (χ0v) is 11.2. The fourth-order valence-electron chi connectivity index (χ4n) is 2.15. The number of aryl methyl sites for hydroxylation is 1. The fourth-order valence-corrected chi connectivity index (χ4v) is 2.65. The van der Waals surface area contributed by atoms with Crippen LogP contribution in [0.25, 0.3) is 5.69 Å². The lowest BCUT2D eigenvalue weighted by Crippen LogP contribution is -1.98. The summed E-state index contributed by atoms with van der Waals surface area (Å²) < 4.78 is 14.0. The van der Waals surface area contributed by atoms with Crippen molar-refractivity contribution in [1.29, 1.82) is 0 Å². The van der Waals surface area contributed by atoms with Crippen molar-refractivity contribution in [1.82, 2.24) is 4.57 Å². The molecule has 4 heteroatoms. The Hall–Kier alpha value is -1.42. The van der Waals surface area contributed by atoms with Crippen LogP contribution in [0.2, 0.25) is 0 Å². The second kappa shape index (κ2) is 3.81. The first-order valence-corrected chi connectivity index (χ1v) is 6.20. The number of nitrogens with zero attached hydrogens (tertiary/aromatic N) is 1. The van der Waals surface area contributed by atoms with E-state index in [-0.39, 0.29) is 0 Å². The number of halogens is 1. The van der Waals surface area contributed by atoms with Crippen LogP contribution in [0.15, 0.2) is 28.7 Å². The molecule has 17 heavy (non-hydrogen) atoms. The van der Waals surface area contributed by atoms with Gasteiger partial charge < -0.3 is 14.0 Å². The van der Waals surface area contributed by atoms with Crippen LogP contribution >= 0.6 is 15.9 Å². The number of benzene rings is 1. The van der Waals surface area contributed by atoms with Gasteiger partial charge in [-0.3, -0.25) is 0 Å². The van der Waals surface area contributed by atoms with Crippen LogP contribution in [0.4, 0.5) is 0 Å². The molecule has 2 aromatic rings. The van der Waals surface area contributed by atoms with Crippen LogP contribution in [0.1, 0.15) is 11.4 Å². The number of rotatable bonds is 1. The normalized spacial score (nSPS) is 13.1. The van der Waals surface area contributed by atoms with Crippen LogP contribution in [0.5, 0.6) is 11.5 Å². The Morgan fingerprint density at radius 1 is 1.12 bits per heavy atom. The van der Waals surface area contributed by atoms with E-state index in [0.717, 1.165) is 21.7 Å². The van der Waals surface area contributed by atoms with Crippen molar-refractivity contribution in [3.8, 4) is 17.2 Å². The number of hydrogen-bond acceptors (Lipinski definition) is 2. The van der Waals surface area contributed by atoms with Crippen molar-refractivity contribution in [2.75, 3.05) is 6.79 Å². The lowest BCUT2D eigenvalue weighted by atomic mass is 10.2. The van der Waals surface area contributed by atoms with Gasteiger partial charge in [0.1, 0.15) is 0 Å². The Bertz CT molecular complexity index is 589. The summed E-state index contributed by atoms with van der Waals surface area (Å²) >= 11 is 3.55. The van der Waals surface area contributed by atoms with Gasteiger partial charge in [-0.2, -0.15) is 0 Å². The lowest BCUT2D eigenvalue weighted by Gasteiger charge is -2.10. The van der Waals surface area contributed by atoms with Crippen molar-refractivity contribution in [2.45, 2.75) is 13.8 Å². The number of hydrogen-bond donors (Lipinski definition) is 0. The molecule has 0 atom stereocenters. The molecule has 0 spiro atoms. The van der Waals surface area contributed by atoms with E-state index in [1.165, 1.54) is 11.4 Å². The molecule has 0 fully saturated rings. The van der Waals surface area contributed by atoms with E-state index in [4.69, 9.17) is 9.47 Å². The van der Waals surface area contributed by atoms with Gasteiger partial charge in [-0.05, 0) is 48.0 Å². The summed E-state index contributed by atoms with van der Waals surface area (Å²) in [5.74, 6) is 1.63. The molecule has 0 aliphatic carbocycles.